The van der Waals surface area contributed by atoms with Gasteiger partial charge in [-0.05, 0) is 110 Å². The summed E-state index contributed by atoms with van der Waals surface area (Å²) in [5.41, 5.74) is -0.482. The van der Waals surface area contributed by atoms with Crippen LogP contribution >= 0.6 is 0 Å². The first-order valence-corrected chi connectivity index (χ1v) is 31.6. The zero-order valence-electron chi connectivity index (χ0n) is 41.8. The normalized spacial score (nSPS) is 20.8. The van der Waals surface area contributed by atoms with E-state index in [0.717, 1.165) is 63.5 Å². The molecule has 65 heavy (non-hydrogen) atoms. The summed E-state index contributed by atoms with van der Waals surface area (Å²) in [5.74, 6) is 1.09. The highest BCUT2D eigenvalue weighted by Gasteiger charge is 2.42. The highest BCUT2D eigenvalue weighted by molar-refractivity contribution is 6.76. The third kappa shape index (κ3) is 13.7. The van der Waals surface area contributed by atoms with Gasteiger partial charge >= 0.3 is 12.2 Å². The van der Waals surface area contributed by atoms with E-state index in [2.05, 4.69) is 39.3 Å². The van der Waals surface area contributed by atoms with Crippen LogP contribution in [-0.2, 0) is 32.4 Å². The van der Waals surface area contributed by atoms with Crippen molar-refractivity contribution < 1.29 is 38.1 Å². The molecule has 2 aromatic heterocycles. The van der Waals surface area contributed by atoms with Crippen molar-refractivity contribution in [2.45, 2.75) is 181 Å². The predicted molar refractivity (Wildman–Crippen MR) is 255 cm³/mol. The maximum atomic E-state index is 14.2. The van der Waals surface area contributed by atoms with Gasteiger partial charge in [-0.1, -0.05) is 39.3 Å². The summed E-state index contributed by atoms with van der Waals surface area (Å²) < 4.78 is 27.7. The summed E-state index contributed by atoms with van der Waals surface area (Å²) in [6.07, 6.45) is 9.36. The molecule has 1 spiro atoms. The van der Waals surface area contributed by atoms with Gasteiger partial charge in [0.2, 0.25) is 0 Å². The van der Waals surface area contributed by atoms with E-state index >= 15 is 0 Å². The van der Waals surface area contributed by atoms with Crippen LogP contribution in [0.4, 0.5) is 9.59 Å². The number of hydrogen-bond donors (Lipinski definition) is 0. The first-order valence-electron chi connectivity index (χ1n) is 24.2. The van der Waals surface area contributed by atoms with Crippen molar-refractivity contribution in [3.05, 3.63) is 35.4 Å². The molecule has 0 aromatic carbocycles. The molecule has 18 heteroatoms. The molecular weight excluding hydrogens is 861 g/mol. The van der Waals surface area contributed by atoms with Gasteiger partial charge in [-0.3, -0.25) is 19.4 Å². The summed E-state index contributed by atoms with van der Waals surface area (Å²) in [6.45, 7) is 30.4. The monoisotopic (exact) mass is 941 g/mol. The molecule has 0 aliphatic carbocycles. The molecule has 364 valence electrons. The lowest BCUT2D eigenvalue weighted by molar-refractivity contribution is 0.0194. The third-order valence-corrected chi connectivity index (χ3v) is 16.5. The van der Waals surface area contributed by atoms with E-state index in [9.17, 15) is 19.2 Å². The second-order valence-electron chi connectivity index (χ2n) is 23.4. The minimum atomic E-state index is -1.31. The SMILES string of the molecule is CC(C)(C)OC(=O)N1CCC[C@H]1c1nc(C(=O)N2CCC3(CC2)CCN(C(=O)c2cn(COCC[Si](C)(C)C)c([C@@H]4CCCN4C(=O)OC(C)(C)C)n2)CC3)cn1COCC[Si](C)(C)C. The topological polar surface area (TPSA) is 154 Å². The fourth-order valence-corrected chi connectivity index (χ4v) is 10.7. The standard InChI is InChI=1S/C47H80N8O8Si2/c1-45(2,3)62-43(58)54-21-13-15-37(54)39-48-35(31-52(39)33-60-27-29-64(7,8)9)41(56)50-23-17-47(18-24-50)19-25-51(26-20-47)42(57)36-32-53(34-61-28-30-65(10,11)12)40(49-36)38-16-14-22-55(38)44(59)63-46(4,5)6/h31-32,37-38H,13-30,33-34H2,1-12H3/t37-,38-/m0/s1. The van der Waals surface area contributed by atoms with E-state index in [-0.39, 0.29) is 55.0 Å². The Kier molecular flexibility index (Phi) is 15.8. The maximum absolute atomic E-state index is 14.2. The van der Waals surface area contributed by atoms with Crippen molar-refractivity contribution in [1.82, 2.24) is 38.7 Å². The van der Waals surface area contributed by atoms with Crippen LogP contribution < -0.4 is 0 Å². The molecule has 0 saturated carbocycles. The van der Waals surface area contributed by atoms with E-state index in [0.29, 0.717) is 75.5 Å². The highest BCUT2D eigenvalue weighted by Crippen LogP contribution is 2.42. The molecule has 0 unspecified atom stereocenters. The van der Waals surface area contributed by atoms with Crippen LogP contribution in [-0.4, -0.2) is 143 Å². The number of likely N-dealkylation sites (tertiary alicyclic amines) is 4. The lowest BCUT2D eigenvalue weighted by Crippen LogP contribution is -2.49. The number of aromatic nitrogens is 4. The molecule has 4 amide bonds. The van der Waals surface area contributed by atoms with Crippen LogP contribution in [0.15, 0.2) is 12.4 Å². The molecule has 4 saturated heterocycles. The summed E-state index contributed by atoms with van der Waals surface area (Å²) in [4.78, 5) is 72.2. The van der Waals surface area contributed by atoms with Gasteiger partial charge in [0, 0.05) is 81.0 Å². The van der Waals surface area contributed by atoms with E-state index in [4.69, 9.17) is 28.9 Å². The molecule has 0 bridgehead atoms. The van der Waals surface area contributed by atoms with Gasteiger partial charge in [0.25, 0.3) is 11.8 Å². The Bertz CT molecular complexity index is 1830. The van der Waals surface area contributed by atoms with Crippen molar-refractivity contribution in [2.75, 3.05) is 52.5 Å². The van der Waals surface area contributed by atoms with Crippen LogP contribution in [0.25, 0.3) is 0 Å². The summed E-state index contributed by atoms with van der Waals surface area (Å²) in [6, 6.07) is 1.42. The Morgan fingerprint density at radius 3 is 1.28 bits per heavy atom. The Labute approximate surface area is 390 Å². The quantitative estimate of drug-likeness (QED) is 0.132. The Morgan fingerprint density at radius 2 is 0.954 bits per heavy atom. The molecule has 6 rings (SSSR count). The second-order valence-corrected chi connectivity index (χ2v) is 34.6. The number of hydrogen-bond acceptors (Lipinski definition) is 10. The molecule has 0 radical (unpaired) electrons. The number of rotatable bonds is 14. The second kappa shape index (κ2) is 20.2. The largest absolute Gasteiger partial charge is 0.444 e. The molecule has 4 aliphatic heterocycles. The summed E-state index contributed by atoms with van der Waals surface area (Å²) in [7, 11) is -2.62. The predicted octanol–water partition coefficient (Wildman–Crippen LogP) is 9.01. The van der Waals surface area contributed by atoms with Gasteiger partial charge in [0.1, 0.15) is 47.7 Å². The fraction of sp³-hybridized carbons (Fsp3) is 0.787. The molecule has 4 aliphatic rings. The Balaban J connectivity index is 1.10. The number of imidazole rings is 2. The smallest absolute Gasteiger partial charge is 0.410 e. The van der Waals surface area contributed by atoms with Crippen LogP contribution in [0.5, 0.6) is 0 Å². The molecule has 16 nitrogen and oxygen atoms in total. The van der Waals surface area contributed by atoms with E-state index in [1.54, 1.807) is 22.2 Å². The maximum Gasteiger partial charge on any atom is 0.410 e. The Hall–Kier alpha value is -3.75. The summed E-state index contributed by atoms with van der Waals surface area (Å²) >= 11 is 0. The van der Waals surface area contributed by atoms with Crippen LogP contribution in [0.3, 0.4) is 0 Å². The Morgan fingerprint density at radius 1 is 0.600 bits per heavy atom. The number of carbonyl (C=O) groups is 4. The zero-order chi connectivity index (χ0) is 47.5. The van der Waals surface area contributed by atoms with Gasteiger partial charge in [0.05, 0.1) is 12.1 Å². The fourth-order valence-electron chi connectivity index (χ4n) is 9.23. The average Bonchev–Trinajstić information content (AvgIpc) is 4.02. The molecule has 0 N–H and O–H groups in total. The van der Waals surface area contributed by atoms with Crippen molar-refractivity contribution >= 4 is 40.1 Å². The molecule has 4 fully saturated rings. The van der Waals surface area contributed by atoms with Gasteiger partial charge in [0.15, 0.2) is 0 Å². The number of carbonyl (C=O) groups excluding carboxylic acids is 4. The van der Waals surface area contributed by atoms with Crippen molar-refractivity contribution in [3.63, 3.8) is 0 Å². The zero-order valence-corrected chi connectivity index (χ0v) is 43.8. The highest BCUT2D eigenvalue weighted by atomic mass is 28.3. The molecule has 6 heterocycles. The van der Waals surface area contributed by atoms with Crippen LogP contribution in [0.1, 0.15) is 138 Å². The van der Waals surface area contributed by atoms with Crippen molar-refractivity contribution in [2.24, 2.45) is 5.41 Å². The van der Waals surface area contributed by atoms with Gasteiger partial charge in [-0.25, -0.2) is 19.6 Å². The number of piperidine rings is 2. The van der Waals surface area contributed by atoms with Crippen LogP contribution in [0, 0.1) is 5.41 Å². The first-order chi connectivity index (χ1) is 30.3. The molecule has 2 atom stereocenters. The number of nitrogens with zero attached hydrogens (tertiary/aromatic N) is 8. The van der Waals surface area contributed by atoms with Gasteiger partial charge in [-0.2, -0.15) is 0 Å². The number of ether oxygens (including phenoxy) is 4. The minimum Gasteiger partial charge on any atom is -0.444 e. The molecular formula is C47H80N8O8Si2. The van der Waals surface area contributed by atoms with Crippen LogP contribution in [0.2, 0.25) is 51.4 Å². The summed E-state index contributed by atoms with van der Waals surface area (Å²) in [5, 5.41) is 0. The van der Waals surface area contributed by atoms with Crippen molar-refractivity contribution in [3.8, 4) is 0 Å². The lowest BCUT2D eigenvalue weighted by atomic mass is 9.71. The van der Waals surface area contributed by atoms with E-state index in [1.807, 2.05) is 60.5 Å². The average molecular weight is 941 g/mol. The third-order valence-electron chi connectivity index (χ3n) is 13.1. The minimum absolute atomic E-state index is 0.0343. The van der Waals surface area contributed by atoms with Gasteiger partial charge < -0.3 is 37.9 Å². The van der Waals surface area contributed by atoms with Gasteiger partial charge in [-0.15, -0.1) is 0 Å². The first kappa shape index (κ1) is 50.7. The lowest BCUT2D eigenvalue weighted by Gasteiger charge is -2.46. The van der Waals surface area contributed by atoms with Crippen molar-refractivity contribution in [1.29, 1.82) is 0 Å². The van der Waals surface area contributed by atoms with E-state index < -0.39 is 27.3 Å². The van der Waals surface area contributed by atoms with E-state index in [1.165, 1.54) is 0 Å². The molecule has 2 aromatic rings. The number of amides is 4.